The number of hydrogen-bond donors (Lipinski definition) is 2. The molecule has 0 radical (unpaired) electrons. The van der Waals surface area contributed by atoms with Crippen LogP contribution in [0.2, 0.25) is 10.0 Å². The molecule has 4 nitrogen and oxygen atoms in total. The maximum Gasteiger partial charge on any atom is 0.253 e. The van der Waals surface area contributed by atoms with Crippen LogP contribution in [0.5, 0.6) is 0 Å². The molecule has 1 atom stereocenters. The zero-order chi connectivity index (χ0) is 14.4. The molecule has 0 bridgehead atoms. The SMILES string of the molecule is CCCCOC(C)C(=O)Nc1c(N)cc(Cl)cc1Cl. The highest BCUT2D eigenvalue weighted by Gasteiger charge is 2.16. The van der Waals surface area contributed by atoms with Crippen LogP contribution in [0, 0.1) is 0 Å². The first kappa shape index (κ1) is 16.1. The molecule has 0 fully saturated rings. The van der Waals surface area contributed by atoms with Crippen molar-refractivity contribution in [2.45, 2.75) is 32.8 Å². The van der Waals surface area contributed by atoms with Gasteiger partial charge in [0.25, 0.3) is 5.91 Å². The van der Waals surface area contributed by atoms with Crippen molar-refractivity contribution in [2.24, 2.45) is 0 Å². The number of hydrogen-bond acceptors (Lipinski definition) is 3. The number of halogens is 2. The number of amides is 1. The lowest BCUT2D eigenvalue weighted by atomic mass is 10.2. The molecule has 0 spiro atoms. The van der Waals surface area contributed by atoms with Crippen molar-refractivity contribution in [3.8, 4) is 0 Å². The van der Waals surface area contributed by atoms with E-state index >= 15 is 0 Å². The van der Waals surface area contributed by atoms with Gasteiger partial charge in [-0.15, -0.1) is 0 Å². The minimum Gasteiger partial charge on any atom is -0.397 e. The Balaban J connectivity index is 2.66. The molecule has 0 aliphatic carbocycles. The van der Waals surface area contributed by atoms with Crippen LogP contribution in [0.4, 0.5) is 11.4 Å². The molecule has 1 aromatic rings. The number of ether oxygens (including phenoxy) is 1. The molecule has 1 rings (SSSR count). The number of benzene rings is 1. The average Bonchev–Trinajstić information content (AvgIpc) is 2.33. The average molecular weight is 305 g/mol. The Morgan fingerprint density at radius 3 is 2.74 bits per heavy atom. The van der Waals surface area contributed by atoms with E-state index in [-0.39, 0.29) is 5.91 Å². The molecule has 0 aliphatic rings. The Hall–Kier alpha value is -0.970. The fraction of sp³-hybridized carbons (Fsp3) is 0.462. The minimum absolute atomic E-state index is 0.285. The summed E-state index contributed by atoms with van der Waals surface area (Å²) < 4.78 is 5.40. The zero-order valence-corrected chi connectivity index (χ0v) is 12.5. The van der Waals surface area contributed by atoms with Gasteiger partial charge >= 0.3 is 0 Å². The molecule has 1 aromatic carbocycles. The van der Waals surface area contributed by atoms with E-state index in [2.05, 4.69) is 12.2 Å². The molecular formula is C13H18Cl2N2O2. The number of nitrogen functional groups attached to an aromatic ring is 1. The van der Waals surface area contributed by atoms with Gasteiger partial charge in [-0.3, -0.25) is 4.79 Å². The third kappa shape index (κ3) is 4.90. The van der Waals surface area contributed by atoms with E-state index in [1.807, 2.05) is 0 Å². The Morgan fingerprint density at radius 2 is 2.16 bits per heavy atom. The van der Waals surface area contributed by atoms with Crippen molar-refractivity contribution in [3.63, 3.8) is 0 Å². The van der Waals surface area contributed by atoms with Crippen LogP contribution in [0.15, 0.2) is 12.1 Å². The largest absolute Gasteiger partial charge is 0.397 e. The van der Waals surface area contributed by atoms with Gasteiger partial charge in [0.05, 0.1) is 16.4 Å². The molecule has 1 unspecified atom stereocenters. The number of carbonyl (C=O) groups is 1. The van der Waals surface area contributed by atoms with Gasteiger partial charge in [-0.2, -0.15) is 0 Å². The summed E-state index contributed by atoms with van der Waals surface area (Å²) >= 11 is 11.8. The molecule has 0 saturated carbocycles. The summed E-state index contributed by atoms with van der Waals surface area (Å²) in [5.41, 5.74) is 6.46. The molecular weight excluding hydrogens is 287 g/mol. The van der Waals surface area contributed by atoms with Gasteiger partial charge in [0.2, 0.25) is 0 Å². The van der Waals surface area contributed by atoms with Gasteiger partial charge in [-0.05, 0) is 25.5 Å². The van der Waals surface area contributed by atoms with Crippen LogP contribution in [-0.2, 0) is 9.53 Å². The summed E-state index contributed by atoms with van der Waals surface area (Å²) in [6.45, 7) is 4.29. The molecule has 19 heavy (non-hydrogen) atoms. The van der Waals surface area contributed by atoms with Crippen LogP contribution in [0.3, 0.4) is 0 Å². The molecule has 1 amide bonds. The highest BCUT2D eigenvalue weighted by molar-refractivity contribution is 6.37. The lowest BCUT2D eigenvalue weighted by Crippen LogP contribution is -2.28. The molecule has 3 N–H and O–H groups in total. The van der Waals surface area contributed by atoms with E-state index in [4.69, 9.17) is 33.7 Å². The number of nitrogens with one attached hydrogen (secondary N) is 1. The number of anilines is 2. The van der Waals surface area contributed by atoms with Crippen LogP contribution in [-0.4, -0.2) is 18.6 Å². The summed E-state index contributed by atoms with van der Waals surface area (Å²) in [5.74, 6) is -0.285. The Labute approximate surface area is 123 Å². The first-order chi connectivity index (χ1) is 8.95. The van der Waals surface area contributed by atoms with E-state index in [1.54, 1.807) is 6.92 Å². The molecule has 0 aliphatic heterocycles. The highest BCUT2D eigenvalue weighted by atomic mass is 35.5. The van der Waals surface area contributed by atoms with Gasteiger partial charge in [-0.25, -0.2) is 0 Å². The van der Waals surface area contributed by atoms with Crippen molar-refractivity contribution in [1.82, 2.24) is 0 Å². The van der Waals surface area contributed by atoms with Crippen LogP contribution < -0.4 is 11.1 Å². The zero-order valence-electron chi connectivity index (χ0n) is 11.0. The number of rotatable bonds is 6. The second-order valence-corrected chi connectivity index (χ2v) is 5.05. The molecule has 0 aromatic heterocycles. The van der Waals surface area contributed by atoms with Gasteiger partial charge in [0.15, 0.2) is 0 Å². The van der Waals surface area contributed by atoms with E-state index in [1.165, 1.54) is 12.1 Å². The van der Waals surface area contributed by atoms with E-state index < -0.39 is 6.10 Å². The van der Waals surface area contributed by atoms with E-state index in [0.29, 0.717) is 28.0 Å². The first-order valence-electron chi connectivity index (χ1n) is 6.12. The Kier molecular flexibility index (Phi) is 6.42. The van der Waals surface area contributed by atoms with E-state index in [0.717, 1.165) is 12.8 Å². The standard InChI is InChI=1S/C13H18Cl2N2O2/c1-3-4-5-19-8(2)13(18)17-12-10(15)6-9(14)7-11(12)16/h6-8H,3-5,16H2,1-2H3,(H,17,18). The second kappa shape index (κ2) is 7.58. The summed E-state index contributed by atoms with van der Waals surface area (Å²) in [4.78, 5) is 11.9. The third-order valence-electron chi connectivity index (χ3n) is 2.57. The predicted molar refractivity (Wildman–Crippen MR) is 79.8 cm³/mol. The maximum absolute atomic E-state index is 11.9. The summed E-state index contributed by atoms with van der Waals surface area (Å²) in [6, 6.07) is 3.06. The fourth-order valence-electron chi connectivity index (χ4n) is 1.43. The number of unbranched alkanes of at least 4 members (excludes halogenated alkanes) is 1. The topological polar surface area (TPSA) is 64.3 Å². The summed E-state index contributed by atoms with van der Waals surface area (Å²) in [6.07, 6.45) is 1.38. The molecule has 0 saturated heterocycles. The lowest BCUT2D eigenvalue weighted by Gasteiger charge is -2.15. The lowest BCUT2D eigenvalue weighted by molar-refractivity contribution is -0.126. The quantitative estimate of drug-likeness (QED) is 0.622. The minimum atomic E-state index is -0.558. The van der Waals surface area contributed by atoms with Gasteiger partial charge in [0, 0.05) is 11.6 Å². The highest BCUT2D eigenvalue weighted by Crippen LogP contribution is 2.32. The van der Waals surface area contributed by atoms with Gasteiger partial charge in [0.1, 0.15) is 6.10 Å². The van der Waals surface area contributed by atoms with Crippen LogP contribution >= 0.6 is 23.2 Å². The summed E-state index contributed by atoms with van der Waals surface area (Å²) in [5, 5.41) is 3.38. The fourth-order valence-corrected chi connectivity index (χ4v) is 1.99. The molecule has 106 valence electrons. The number of carbonyl (C=O) groups excluding carboxylic acids is 1. The van der Waals surface area contributed by atoms with Gasteiger partial charge < -0.3 is 15.8 Å². The van der Waals surface area contributed by atoms with Crippen LogP contribution in [0.25, 0.3) is 0 Å². The van der Waals surface area contributed by atoms with E-state index in [9.17, 15) is 4.79 Å². The van der Waals surface area contributed by atoms with Crippen molar-refractivity contribution < 1.29 is 9.53 Å². The Bertz CT molecular complexity index is 429. The van der Waals surface area contributed by atoms with Crippen molar-refractivity contribution >= 4 is 40.5 Å². The smallest absolute Gasteiger partial charge is 0.253 e. The first-order valence-corrected chi connectivity index (χ1v) is 6.88. The van der Waals surface area contributed by atoms with Crippen molar-refractivity contribution in [1.29, 1.82) is 0 Å². The number of nitrogens with two attached hydrogens (primary N) is 1. The molecule has 0 heterocycles. The van der Waals surface area contributed by atoms with Crippen LogP contribution in [0.1, 0.15) is 26.7 Å². The predicted octanol–water partition coefficient (Wildman–Crippen LogP) is 3.72. The van der Waals surface area contributed by atoms with Crippen molar-refractivity contribution in [3.05, 3.63) is 22.2 Å². The van der Waals surface area contributed by atoms with Crippen molar-refractivity contribution in [2.75, 3.05) is 17.7 Å². The summed E-state index contributed by atoms with van der Waals surface area (Å²) in [7, 11) is 0. The molecule has 6 heteroatoms. The van der Waals surface area contributed by atoms with Gasteiger partial charge in [-0.1, -0.05) is 36.5 Å². The third-order valence-corrected chi connectivity index (χ3v) is 3.08. The second-order valence-electron chi connectivity index (χ2n) is 4.21. The monoisotopic (exact) mass is 304 g/mol. The maximum atomic E-state index is 11.9. The Morgan fingerprint density at radius 1 is 1.47 bits per heavy atom. The normalized spacial score (nSPS) is 12.2.